The number of aliphatic imine (C=N–C) groups is 1. The van der Waals surface area contributed by atoms with E-state index in [1.54, 1.807) is 11.3 Å². The zero-order valence-electron chi connectivity index (χ0n) is 15.2. The molecule has 0 amide bonds. The number of guanidine groups is 1. The molecule has 5 nitrogen and oxygen atoms in total. The number of aromatic nitrogens is 1. The topological polar surface area (TPSA) is 52.6 Å². The molecule has 2 aliphatic rings. The normalized spacial score (nSPS) is 22.6. The summed E-state index contributed by atoms with van der Waals surface area (Å²) in [5.41, 5.74) is 0. The van der Waals surface area contributed by atoms with E-state index in [9.17, 15) is 0 Å². The largest absolute Gasteiger partial charge is 0.356 e. The number of hydrogen-bond acceptors (Lipinski definition) is 5. The molecule has 1 saturated carbocycles. The highest BCUT2D eigenvalue weighted by molar-refractivity contribution is 8.00. The van der Waals surface area contributed by atoms with Crippen molar-refractivity contribution in [3.8, 4) is 0 Å². The summed E-state index contributed by atoms with van der Waals surface area (Å²) < 4.78 is 1.16. The fraction of sp³-hybridized carbons (Fsp3) is 0.778. The predicted octanol–water partition coefficient (Wildman–Crippen LogP) is 3.05. The summed E-state index contributed by atoms with van der Waals surface area (Å²) in [4.78, 5) is 11.3. The molecule has 0 spiro atoms. The number of hydrogen-bond donors (Lipinski definition) is 2. The fourth-order valence-corrected chi connectivity index (χ4v) is 5.43. The summed E-state index contributed by atoms with van der Waals surface area (Å²) in [6.45, 7) is 4.65. The SMILES string of the molecule is CN=C(NCCCSc1nccs1)NC1CCN(CC2CCCC2)C1. The van der Waals surface area contributed by atoms with E-state index in [-0.39, 0.29) is 0 Å². The van der Waals surface area contributed by atoms with Crippen molar-refractivity contribution >= 4 is 29.1 Å². The minimum absolute atomic E-state index is 0.539. The van der Waals surface area contributed by atoms with Gasteiger partial charge in [-0.25, -0.2) is 4.98 Å². The molecule has 2 heterocycles. The zero-order valence-corrected chi connectivity index (χ0v) is 16.9. The first kappa shape index (κ1) is 19.0. The van der Waals surface area contributed by atoms with Gasteiger partial charge in [0.05, 0.1) is 0 Å². The minimum atomic E-state index is 0.539. The van der Waals surface area contributed by atoms with Crippen LogP contribution in [-0.4, -0.2) is 60.9 Å². The van der Waals surface area contributed by atoms with Crippen LogP contribution in [0.15, 0.2) is 20.9 Å². The Bertz CT molecular complexity index is 514. The molecule has 2 N–H and O–H groups in total. The van der Waals surface area contributed by atoms with Gasteiger partial charge < -0.3 is 15.5 Å². The van der Waals surface area contributed by atoms with E-state index in [0.717, 1.165) is 41.5 Å². The minimum Gasteiger partial charge on any atom is -0.356 e. The molecular formula is C18H31N5S2. The fourth-order valence-electron chi connectivity index (χ4n) is 3.78. The van der Waals surface area contributed by atoms with E-state index in [4.69, 9.17) is 0 Å². The average Bonchev–Trinajstić information content (AvgIpc) is 3.37. The van der Waals surface area contributed by atoms with E-state index in [1.807, 2.05) is 30.4 Å². The van der Waals surface area contributed by atoms with Crippen molar-refractivity contribution in [2.45, 2.75) is 48.9 Å². The molecule has 0 radical (unpaired) electrons. The molecule has 1 aliphatic heterocycles. The van der Waals surface area contributed by atoms with Crippen LogP contribution in [-0.2, 0) is 0 Å². The molecule has 25 heavy (non-hydrogen) atoms. The number of likely N-dealkylation sites (tertiary alicyclic amines) is 1. The van der Waals surface area contributed by atoms with Gasteiger partial charge in [0.15, 0.2) is 5.96 Å². The Morgan fingerprint density at radius 3 is 3.04 bits per heavy atom. The van der Waals surface area contributed by atoms with Crippen LogP contribution >= 0.6 is 23.1 Å². The third-order valence-electron chi connectivity index (χ3n) is 5.08. The highest BCUT2D eigenvalue weighted by atomic mass is 32.2. The van der Waals surface area contributed by atoms with Crippen LogP contribution in [0.25, 0.3) is 0 Å². The Balaban J connectivity index is 1.28. The average molecular weight is 382 g/mol. The number of nitrogens with zero attached hydrogens (tertiary/aromatic N) is 3. The monoisotopic (exact) mass is 381 g/mol. The van der Waals surface area contributed by atoms with Gasteiger partial charge in [0.25, 0.3) is 0 Å². The first-order valence-corrected chi connectivity index (χ1v) is 11.4. The van der Waals surface area contributed by atoms with Crippen LogP contribution in [0.2, 0.25) is 0 Å². The molecular weight excluding hydrogens is 350 g/mol. The van der Waals surface area contributed by atoms with Crippen molar-refractivity contribution < 1.29 is 0 Å². The first-order valence-electron chi connectivity index (χ1n) is 9.55. The summed E-state index contributed by atoms with van der Waals surface area (Å²) >= 11 is 3.55. The smallest absolute Gasteiger partial charge is 0.191 e. The van der Waals surface area contributed by atoms with Gasteiger partial charge in [-0.05, 0) is 31.6 Å². The van der Waals surface area contributed by atoms with Crippen molar-refractivity contribution in [1.82, 2.24) is 20.5 Å². The number of thioether (sulfide) groups is 1. The molecule has 3 rings (SSSR count). The molecule has 0 aromatic carbocycles. The van der Waals surface area contributed by atoms with Gasteiger partial charge in [0.2, 0.25) is 0 Å². The van der Waals surface area contributed by atoms with E-state index in [0.29, 0.717) is 6.04 Å². The summed E-state index contributed by atoms with van der Waals surface area (Å²) in [6, 6.07) is 0.539. The van der Waals surface area contributed by atoms with Crippen LogP contribution in [0.1, 0.15) is 38.5 Å². The summed E-state index contributed by atoms with van der Waals surface area (Å²) in [6.07, 6.45) is 9.98. The molecule has 1 atom stereocenters. The molecule has 1 aromatic rings. The third kappa shape index (κ3) is 6.46. The molecule has 1 aromatic heterocycles. The summed E-state index contributed by atoms with van der Waals surface area (Å²) in [5, 5.41) is 9.09. The second-order valence-corrected chi connectivity index (χ2v) is 9.28. The Morgan fingerprint density at radius 2 is 2.28 bits per heavy atom. The molecule has 140 valence electrons. The van der Waals surface area contributed by atoms with Gasteiger partial charge in [-0.1, -0.05) is 24.6 Å². The zero-order chi connectivity index (χ0) is 17.3. The van der Waals surface area contributed by atoms with Gasteiger partial charge in [-0.2, -0.15) is 0 Å². The van der Waals surface area contributed by atoms with Gasteiger partial charge >= 0.3 is 0 Å². The lowest BCUT2D eigenvalue weighted by molar-refractivity contribution is 0.275. The maximum absolute atomic E-state index is 4.39. The van der Waals surface area contributed by atoms with Crippen molar-refractivity contribution in [2.24, 2.45) is 10.9 Å². The van der Waals surface area contributed by atoms with Crippen molar-refractivity contribution in [1.29, 1.82) is 0 Å². The number of rotatable bonds is 8. The second-order valence-electron chi connectivity index (χ2n) is 7.04. The maximum Gasteiger partial charge on any atom is 0.191 e. The maximum atomic E-state index is 4.39. The molecule has 2 fully saturated rings. The molecule has 1 aliphatic carbocycles. The van der Waals surface area contributed by atoms with E-state index in [2.05, 4.69) is 25.5 Å². The number of thiazole rings is 1. The summed E-state index contributed by atoms with van der Waals surface area (Å²) in [5.74, 6) is 2.99. The van der Waals surface area contributed by atoms with Crippen molar-refractivity contribution in [3.05, 3.63) is 11.6 Å². The lowest BCUT2D eigenvalue weighted by atomic mass is 10.1. The molecule has 7 heteroatoms. The van der Waals surface area contributed by atoms with Crippen LogP contribution < -0.4 is 10.6 Å². The van der Waals surface area contributed by atoms with Crippen LogP contribution in [0.3, 0.4) is 0 Å². The molecule has 0 bridgehead atoms. The van der Waals surface area contributed by atoms with E-state index >= 15 is 0 Å². The van der Waals surface area contributed by atoms with Crippen LogP contribution in [0, 0.1) is 5.92 Å². The Kier molecular flexibility index (Phi) is 7.88. The van der Waals surface area contributed by atoms with Gasteiger partial charge in [-0.3, -0.25) is 4.99 Å². The second kappa shape index (κ2) is 10.4. The van der Waals surface area contributed by atoms with Crippen LogP contribution in [0.4, 0.5) is 0 Å². The van der Waals surface area contributed by atoms with Crippen LogP contribution in [0.5, 0.6) is 0 Å². The van der Waals surface area contributed by atoms with E-state index in [1.165, 1.54) is 45.2 Å². The van der Waals surface area contributed by atoms with Gasteiger partial charge in [0.1, 0.15) is 4.34 Å². The van der Waals surface area contributed by atoms with E-state index < -0.39 is 0 Å². The summed E-state index contributed by atoms with van der Waals surface area (Å²) in [7, 11) is 1.87. The van der Waals surface area contributed by atoms with Crippen molar-refractivity contribution in [2.75, 3.05) is 39.0 Å². The Hall–Kier alpha value is -0.790. The highest BCUT2D eigenvalue weighted by Crippen LogP contribution is 2.26. The van der Waals surface area contributed by atoms with Gasteiger partial charge in [-0.15, -0.1) is 11.3 Å². The first-order chi connectivity index (χ1) is 12.3. The third-order valence-corrected chi connectivity index (χ3v) is 7.13. The lowest BCUT2D eigenvalue weighted by Crippen LogP contribution is -2.45. The quantitative estimate of drug-likeness (QED) is 0.314. The number of nitrogens with one attached hydrogen (secondary N) is 2. The predicted molar refractivity (Wildman–Crippen MR) is 109 cm³/mol. The van der Waals surface area contributed by atoms with Crippen molar-refractivity contribution in [3.63, 3.8) is 0 Å². The lowest BCUT2D eigenvalue weighted by Gasteiger charge is -2.21. The molecule has 1 unspecified atom stereocenters. The van der Waals surface area contributed by atoms with Gasteiger partial charge in [0, 0.05) is 56.6 Å². The standard InChI is InChI=1S/C18H31N5S2/c1-19-17(20-8-4-11-24-18-21-9-12-25-18)22-16-7-10-23(14-16)13-15-5-2-3-6-15/h9,12,15-16H,2-8,10-11,13-14H2,1H3,(H2,19,20,22). The Labute approximate surface area is 160 Å². The Morgan fingerprint density at radius 1 is 1.40 bits per heavy atom. The highest BCUT2D eigenvalue weighted by Gasteiger charge is 2.26. The molecule has 1 saturated heterocycles.